The molecule has 1 saturated heterocycles. The molecule has 1 atom stereocenters. The van der Waals surface area contributed by atoms with Crippen molar-refractivity contribution in [2.45, 2.75) is 44.6 Å². The van der Waals surface area contributed by atoms with Crippen molar-refractivity contribution in [3.05, 3.63) is 5.01 Å². The van der Waals surface area contributed by atoms with Gasteiger partial charge >= 0.3 is 5.97 Å². The number of hydrogen-bond donors (Lipinski definition) is 2. The Labute approximate surface area is 139 Å². The molecule has 9 heteroatoms. The van der Waals surface area contributed by atoms with Gasteiger partial charge in [-0.25, -0.2) is 0 Å². The Morgan fingerprint density at radius 1 is 1.45 bits per heavy atom. The highest BCUT2D eigenvalue weighted by molar-refractivity contribution is 7.15. The monoisotopic (exact) mass is 348 g/mol. The van der Waals surface area contributed by atoms with Crippen molar-refractivity contribution < 1.29 is 14.3 Å². The molecule has 0 radical (unpaired) electrons. The molecule has 22 heavy (non-hydrogen) atoms. The molecule has 7 nitrogen and oxygen atoms in total. The first-order chi connectivity index (χ1) is 10.2. The number of carbonyl (C=O) groups excluding carboxylic acids is 2. The zero-order chi connectivity index (χ0) is 15.1. The van der Waals surface area contributed by atoms with E-state index in [1.807, 2.05) is 0 Å². The van der Waals surface area contributed by atoms with Crippen LogP contribution in [0.4, 0.5) is 5.13 Å². The Bertz CT molecular complexity index is 491. The van der Waals surface area contributed by atoms with Gasteiger partial charge in [0.1, 0.15) is 5.01 Å². The fourth-order valence-corrected chi connectivity index (χ4v) is 3.01. The summed E-state index contributed by atoms with van der Waals surface area (Å²) < 4.78 is 4.57. The number of esters is 1. The van der Waals surface area contributed by atoms with Gasteiger partial charge in [-0.05, 0) is 25.8 Å². The van der Waals surface area contributed by atoms with E-state index in [-0.39, 0.29) is 30.3 Å². The second-order valence-corrected chi connectivity index (χ2v) is 6.04. The molecule has 124 valence electrons. The number of aryl methyl sites for hydroxylation is 1. The van der Waals surface area contributed by atoms with Crippen molar-refractivity contribution in [1.29, 1.82) is 0 Å². The maximum Gasteiger partial charge on any atom is 0.305 e. The number of halogens is 1. The van der Waals surface area contributed by atoms with Crippen LogP contribution in [-0.4, -0.2) is 41.8 Å². The summed E-state index contributed by atoms with van der Waals surface area (Å²) in [5, 5.41) is 15.4. The molecule has 2 N–H and O–H groups in total. The molecule has 2 rings (SSSR count). The number of aromatic nitrogens is 2. The minimum absolute atomic E-state index is 0. The van der Waals surface area contributed by atoms with E-state index in [2.05, 4.69) is 25.6 Å². The van der Waals surface area contributed by atoms with Gasteiger partial charge < -0.3 is 15.4 Å². The van der Waals surface area contributed by atoms with E-state index in [9.17, 15) is 9.59 Å². The zero-order valence-electron chi connectivity index (χ0n) is 12.5. The number of anilines is 1. The van der Waals surface area contributed by atoms with E-state index >= 15 is 0 Å². The molecular formula is C13H21ClN4O3S. The minimum Gasteiger partial charge on any atom is -0.469 e. The maximum atomic E-state index is 11.8. The van der Waals surface area contributed by atoms with Crippen molar-refractivity contribution >= 4 is 40.8 Å². The van der Waals surface area contributed by atoms with E-state index in [0.717, 1.165) is 24.4 Å². The Kier molecular flexibility index (Phi) is 8.29. The largest absolute Gasteiger partial charge is 0.469 e. The third kappa shape index (κ3) is 6.25. The van der Waals surface area contributed by atoms with Crippen molar-refractivity contribution in [1.82, 2.24) is 15.5 Å². The standard InChI is InChI=1S/C13H20N4O3S.ClH/c1-20-12(19)6-2-5-11-16-17-13(21-11)15-10(18)8-9-4-3-7-14-9;/h9,14H,2-8H2,1H3,(H,15,17,18);1H. The molecule has 1 aromatic heterocycles. The van der Waals surface area contributed by atoms with Crippen LogP contribution in [0.5, 0.6) is 0 Å². The summed E-state index contributed by atoms with van der Waals surface area (Å²) in [6, 6.07) is 0.275. The van der Waals surface area contributed by atoms with Gasteiger partial charge in [0.25, 0.3) is 0 Å². The molecule has 1 aliphatic heterocycles. The molecular weight excluding hydrogens is 328 g/mol. The molecule has 0 aliphatic carbocycles. The Hall–Kier alpha value is -1.25. The molecule has 1 aliphatic rings. The lowest BCUT2D eigenvalue weighted by atomic mass is 10.1. The van der Waals surface area contributed by atoms with Crippen LogP contribution in [-0.2, 0) is 20.7 Å². The van der Waals surface area contributed by atoms with E-state index in [1.165, 1.54) is 18.4 Å². The first-order valence-electron chi connectivity index (χ1n) is 7.10. The number of nitrogens with zero attached hydrogens (tertiary/aromatic N) is 2. The van der Waals surface area contributed by atoms with Crippen LogP contribution in [0.25, 0.3) is 0 Å². The van der Waals surface area contributed by atoms with Crippen molar-refractivity contribution in [3.63, 3.8) is 0 Å². The number of amides is 1. The van der Waals surface area contributed by atoms with Gasteiger partial charge in [0.2, 0.25) is 11.0 Å². The lowest BCUT2D eigenvalue weighted by molar-refractivity contribution is -0.140. The molecule has 1 amide bonds. The summed E-state index contributed by atoms with van der Waals surface area (Å²) in [6.45, 7) is 0.987. The van der Waals surface area contributed by atoms with Gasteiger partial charge in [0, 0.05) is 25.3 Å². The SMILES string of the molecule is COC(=O)CCCc1nnc(NC(=O)CC2CCCN2)s1.Cl. The van der Waals surface area contributed by atoms with E-state index in [1.54, 1.807) is 0 Å². The van der Waals surface area contributed by atoms with Crippen LogP contribution in [0.3, 0.4) is 0 Å². The smallest absolute Gasteiger partial charge is 0.305 e. The van der Waals surface area contributed by atoms with Crippen molar-refractivity contribution in [3.8, 4) is 0 Å². The van der Waals surface area contributed by atoms with Crippen LogP contribution in [0, 0.1) is 0 Å². The molecule has 1 aromatic rings. The predicted molar refractivity (Wildman–Crippen MR) is 86.4 cm³/mol. The molecule has 1 fully saturated rings. The summed E-state index contributed by atoms with van der Waals surface area (Å²) in [6.07, 6.45) is 4.33. The number of nitrogens with one attached hydrogen (secondary N) is 2. The van der Waals surface area contributed by atoms with Gasteiger partial charge in [-0.15, -0.1) is 22.6 Å². The fraction of sp³-hybridized carbons (Fsp3) is 0.692. The van der Waals surface area contributed by atoms with Crippen LogP contribution in [0.15, 0.2) is 0 Å². The number of rotatable bonds is 7. The van der Waals surface area contributed by atoms with Crippen LogP contribution < -0.4 is 10.6 Å². The van der Waals surface area contributed by atoms with Crippen LogP contribution in [0.2, 0.25) is 0 Å². The quantitative estimate of drug-likeness (QED) is 0.726. The van der Waals surface area contributed by atoms with Gasteiger partial charge in [-0.3, -0.25) is 9.59 Å². The van der Waals surface area contributed by atoms with E-state index < -0.39 is 0 Å². The highest BCUT2D eigenvalue weighted by Gasteiger charge is 2.18. The third-order valence-electron chi connectivity index (χ3n) is 3.31. The van der Waals surface area contributed by atoms with E-state index in [4.69, 9.17) is 0 Å². The molecule has 0 spiro atoms. The Morgan fingerprint density at radius 3 is 2.95 bits per heavy atom. The highest BCUT2D eigenvalue weighted by Crippen LogP contribution is 2.18. The molecule has 0 aromatic carbocycles. The first-order valence-corrected chi connectivity index (χ1v) is 7.91. The molecule has 1 unspecified atom stereocenters. The van der Waals surface area contributed by atoms with Crippen LogP contribution in [0.1, 0.15) is 37.1 Å². The average Bonchev–Trinajstić information content (AvgIpc) is 3.10. The van der Waals surface area contributed by atoms with Gasteiger partial charge in [-0.1, -0.05) is 11.3 Å². The lowest BCUT2D eigenvalue weighted by Crippen LogP contribution is -2.27. The van der Waals surface area contributed by atoms with Crippen LogP contribution >= 0.6 is 23.7 Å². The van der Waals surface area contributed by atoms with Crippen molar-refractivity contribution in [2.24, 2.45) is 0 Å². The lowest BCUT2D eigenvalue weighted by Gasteiger charge is -2.08. The number of methoxy groups -OCH3 is 1. The minimum atomic E-state index is -0.225. The predicted octanol–water partition coefficient (Wildman–Crippen LogP) is 1.54. The normalized spacial score (nSPS) is 16.9. The number of ether oxygens (including phenoxy) is 1. The number of carbonyl (C=O) groups is 2. The Morgan fingerprint density at radius 2 is 2.27 bits per heavy atom. The molecule has 0 bridgehead atoms. The Balaban J connectivity index is 0.00000242. The average molecular weight is 349 g/mol. The van der Waals surface area contributed by atoms with Gasteiger partial charge in [-0.2, -0.15) is 0 Å². The maximum absolute atomic E-state index is 11.8. The second kappa shape index (κ2) is 9.70. The summed E-state index contributed by atoms with van der Waals surface area (Å²) in [5.41, 5.74) is 0. The first kappa shape index (κ1) is 18.8. The summed E-state index contributed by atoms with van der Waals surface area (Å²) in [7, 11) is 1.38. The number of hydrogen-bond acceptors (Lipinski definition) is 7. The van der Waals surface area contributed by atoms with Crippen molar-refractivity contribution in [2.75, 3.05) is 19.0 Å². The molecule has 2 heterocycles. The third-order valence-corrected chi connectivity index (χ3v) is 4.21. The molecule has 0 saturated carbocycles. The summed E-state index contributed by atoms with van der Waals surface area (Å²) >= 11 is 1.35. The van der Waals surface area contributed by atoms with Gasteiger partial charge in [0.05, 0.1) is 7.11 Å². The highest BCUT2D eigenvalue weighted by atomic mass is 35.5. The zero-order valence-corrected chi connectivity index (χ0v) is 14.1. The fourth-order valence-electron chi connectivity index (χ4n) is 2.22. The summed E-state index contributed by atoms with van der Waals surface area (Å²) in [5.74, 6) is -0.260. The summed E-state index contributed by atoms with van der Waals surface area (Å²) in [4.78, 5) is 22.8. The van der Waals surface area contributed by atoms with Gasteiger partial charge in [0.15, 0.2) is 0 Å². The second-order valence-electron chi connectivity index (χ2n) is 4.98. The topological polar surface area (TPSA) is 93.2 Å². The van der Waals surface area contributed by atoms with E-state index in [0.29, 0.717) is 30.8 Å².